The van der Waals surface area contributed by atoms with E-state index < -0.39 is 6.10 Å². The molecule has 0 spiro atoms. The van der Waals surface area contributed by atoms with Crippen molar-refractivity contribution in [3.05, 3.63) is 12.4 Å². The zero-order valence-corrected chi connectivity index (χ0v) is 11.7. The average molecular weight is 267 g/mol. The van der Waals surface area contributed by atoms with Gasteiger partial charge < -0.3 is 20.6 Å². The smallest absolute Gasteiger partial charge is 0.0862 e. The molecule has 1 aliphatic heterocycles. The number of likely N-dealkylation sites (tertiary alicyclic amines) is 1. The van der Waals surface area contributed by atoms with Gasteiger partial charge in [0.1, 0.15) is 0 Å². The van der Waals surface area contributed by atoms with Crippen molar-refractivity contribution in [3.63, 3.8) is 0 Å². The molecule has 1 saturated heterocycles. The minimum Gasteiger partial charge on any atom is -0.396 e. The lowest BCUT2D eigenvalue weighted by Gasteiger charge is -2.23. The third kappa shape index (κ3) is 4.81. The highest BCUT2D eigenvalue weighted by molar-refractivity contribution is 5.30. The topological polar surface area (TPSA) is 70.5 Å². The number of rotatable bonds is 7. The van der Waals surface area contributed by atoms with E-state index in [1.807, 2.05) is 0 Å². The second kappa shape index (κ2) is 6.88. The van der Waals surface area contributed by atoms with Crippen LogP contribution in [-0.2, 0) is 6.54 Å². The predicted molar refractivity (Wildman–Crippen MR) is 75.8 cm³/mol. The lowest BCUT2D eigenvalue weighted by atomic mass is 10.3. The molecule has 1 aliphatic rings. The van der Waals surface area contributed by atoms with E-state index in [2.05, 4.69) is 21.9 Å². The van der Waals surface area contributed by atoms with E-state index in [1.165, 1.54) is 25.9 Å². The molecule has 6 nitrogen and oxygen atoms in total. The lowest BCUT2D eigenvalue weighted by Crippen LogP contribution is -2.37. The molecule has 2 rings (SSSR count). The number of hydrogen-bond acceptors (Lipinski definition) is 5. The van der Waals surface area contributed by atoms with Gasteiger partial charge in [0.25, 0.3) is 0 Å². The predicted octanol–water partition coefficient (Wildman–Crippen LogP) is -0.146. The fourth-order valence-electron chi connectivity index (χ4n) is 2.52. The quantitative estimate of drug-likeness (QED) is 0.719. The Kier molecular flexibility index (Phi) is 5.18. The van der Waals surface area contributed by atoms with Crippen LogP contribution in [0.1, 0.15) is 12.8 Å². The van der Waals surface area contributed by atoms with Crippen molar-refractivity contribution in [3.8, 4) is 0 Å². The molecule has 108 valence electrons. The standard InChI is InChI=1S/C13H25N5O/c1-16(6-7-17-4-2-3-5-17)10-13(19)11-18-9-12(14)8-15-18/h8-9,13,19H,2-7,10-11,14H2,1H3. The van der Waals surface area contributed by atoms with Crippen molar-refractivity contribution in [2.75, 3.05) is 45.5 Å². The monoisotopic (exact) mass is 267 g/mol. The Balaban J connectivity index is 1.64. The first-order valence-corrected chi connectivity index (χ1v) is 7.00. The summed E-state index contributed by atoms with van der Waals surface area (Å²) >= 11 is 0. The number of nitrogen functional groups attached to an aromatic ring is 1. The molecule has 1 atom stereocenters. The van der Waals surface area contributed by atoms with Crippen LogP contribution >= 0.6 is 0 Å². The van der Waals surface area contributed by atoms with Gasteiger partial charge in [-0.25, -0.2) is 0 Å². The van der Waals surface area contributed by atoms with E-state index in [-0.39, 0.29) is 0 Å². The van der Waals surface area contributed by atoms with Crippen LogP contribution in [0, 0.1) is 0 Å². The summed E-state index contributed by atoms with van der Waals surface area (Å²) in [4.78, 5) is 4.66. The van der Waals surface area contributed by atoms with Gasteiger partial charge in [-0.05, 0) is 33.0 Å². The van der Waals surface area contributed by atoms with Gasteiger partial charge in [-0.1, -0.05) is 0 Å². The SMILES string of the molecule is CN(CCN1CCCC1)CC(O)Cn1cc(N)cn1. The first-order valence-electron chi connectivity index (χ1n) is 7.00. The number of aliphatic hydroxyl groups is 1. The Bertz CT molecular complexity index is 375. The molecule has 0 amide bonds. The summed E-state index contributed by atoms with van der Waals surface area (Å²) in [7, 11) is 2.05. The molecule has 6 heteroatoms. The lowest BCUT2D eigenvalue weighted by molar-refractivity contribution is 0.102. The molecule has 1 aromatic rings. The number of nitrogens with two attached hydrogens (primary N) is 1. The molecule has 2 heterocycles. The molecule has 3 N–H and O–H groups in total. The highest BCUT2D eigenvalue weighted by Crippen LogP contribution is 2.06. The van der Waals surface area contributed by atoms with E-state index >= 15 is 0 Å². The molecule has 1 unspecified atom stereocenters. The molecular weight excluding hydrogens is 242 g/mol. The summed E-state index contributed by atoms with van der Waals surface area (Å²) in [5.41, 5.74) is 6.23. The molecule has 0 bridgehead atoms. The molecule has 1 aromatic heterocycles. The van der Waals surface area contributed by atoms with Crippen LogP contribution in [0.2, 0.25) is 0 Å². The Morgan fingerprint density at radius 1 is 1.47 bits per heavy atom. The van der Waals surface area contributed by atoms with Crippen LogP contribution < -0.4 is 5.73 Å². The van der Waals surface area contributed by atoms with Crippen molar-refractivity contribution in [2.45, 2.75) is 25.5 Å². The molecule has 0 saturated carbocycles. The number of hydrogen-bond donors (Lipinski definition) is 2. The molecular formula is C13H25N5O. The number of aromatic nitrogens is 2. The molecule has 0 radical (unpaired) electrons. The number of anilines is 1. The third-order valence-corrected chi connectivity index (χ3v) is 3.57. The maximum absolute atomic E-state index is 10.0. The summed E-state index contributed by atoms with van der Waals surface area (Å²) in [5, 5.41) is 14.1. The van der Waals surface area contributed by atoms with E-state index in [1.54, 1.807) is 17.1 Å². The van der Waals surface area contributed by atoms with E-state index in [4.69, 9.17) is 5.73 Å². The van der Waals surface area contributed by atoms with Gasteiger partial charge in [0.05, 0.1) is 24.5 Å². The molecule has 0 aliphatic carbocycles. The number of aliphatic hydroxyl groups excluding tert-OH is 1. The van der Waals surface area contributed by atoms with Crippen LogP contribution in [0.15, 0.2) is 12.4 Å². The summed E-state index contributed by atoms with van der Waals surface area (Å²) in [6.45, 7) is 5.70. The van der Waals surface area contributed by atoms with Crippen molar-refractivity contribution in [2.24, 2.45) is 0 Å². The molecule has 19 heavy (non-hydrogen) atoms. The van der Waals surface area contributed by atoms with Gasteiger partial charge in [0.15, 0.2) is 0 Å². The van der Waals surface area contributed by atoms with Crippen LogP contribution in [0.25, 0.3) is 0 Å². The second-order valence-corrected chi connectivity index (χ2v) is 5.46. The Morgan fingerprint density at radius 2 is 2.21 bits per heavy atom. The van der Waals surface area contributed by atoms with Crippen LogP contribution in [-0.4, -0.2) is 70.6 Å². The fraction of sp³-hybridized carbons (Fsp3) is 0.769. The minimum absolute atomic E-state index is 0.414. The van der Waals surface area contributed by atoms with Crippen LogP contribution in [0.5, 0.6) is 0 Å². The number of likely N-dealkylation sites (N-methyl/N-ethyl adjacent to an activating group) is 1. The van der Waals surface area contributed by atoms with Crippen LogP contribution in [0.4, 0.5) is 5.69 Å². The van der Waals surface area contributed by atoms with Gasteiger partial charge in [-0.2, -0.15) is 5.10 Å². The Labute approximate surface area is 114 Å². The summed E-state index contributed by atoms with van der Waals surface area (Å²) in [6.07, 6.45) is 5.58. The summed E-state index contributed by atoms with van der Waals surface area (Å²) < 4.78 is 1.69. The van der Waals surface area contributed by atoms with Crippen molar-refractivity contribution < 1.29 is 5.11 Å². The van der Waals surface area contributed by atoms with Gasteiger partial charge in [-0.3, -0.25) is 4.68 Å². The largest absolute Gasteiger partial charge is 0.396 e. The van der Waals surface area contributed by atoms with Crippen molar-refractivity contribution >= 4 is 5.69 Å². The second-order valence-electron chi connectivity index (χ2n) is 5.46. The first kappa shape index (κ1) is 14.3. The zero-order valence-electron chi connectivity index (χ0n) is 11.7. The van der Waals surface area contributed by atoms with Crippen LogP contribution in [0.3, 0.4) is 0 Å². The highest BCUT2D eigenvalue weighted by atomic mass is 16.3. The number of nitrogens with zero attached hydrogens (tertiary/aromatic N) is 4. The summed E-state index contributed by atoms with van der Waals surface area (Å²) in [5.74, 6) is 0. The fourth-order valence-corrected chi connectivity index (χ4v) is 2.52. The van der Waals surface area contributed by atoms with Crippen molar-refractivity contribution in [1.82, 2.24) is 19.6 Å². The molecule has 0 aromatic carbocycles. The van der Waals surface area contributed by atoms with E-state index in [0.29, 0.717) is 18.8 Å². The Morgan fingerprint density at radius 3 is 2.84 bits per heavy atom. The Hall–Kier alpha value is -1.11. The zero-order chi connectivity index (χ0) is 13.7. The maximum atomic E-state index is 10.0. The van der Waals surface area contributed by atoms with E-state index in [0.717, 1.165) is 13.1 Å². The van der Waals surface area contributed by atoms with Gasteiger partial charge in [0.2, 0.25) is 0 Å². The van der Waals surface area contributed by atoms with Gasteiger partial charge >= 0.3 is 0 Å². The molecule has 1 fully saturated rings. The first-order chi connectivity index (χ1) is 9.13. The van der Waals surface area contributed by atoms with E-state index in [9.17, 15) is 5.11 Å². The third-order valence-electron chi connectivity index (χ3n) is 3.57. The minimum atomic E-state index is -0.414. The van der Waals surface area contributed by atoms with Gasteiger partial charge in [0, 0.05) is 25.8 Å². The normalized spacial score (nSPS) is 18.3. The maximum Gasteiger partial charge on any atom is 0.0862 e. The van der Waals surface area contributed by atoms with Gasteiger partial charge in [-0.15, -0.1) is 0 Å². The van der Waals surface area contributed by atoms with Crippen molar-refractivity contribution in [1.29, 1.82) is 0 Å². The average Bonchev–Trinajstić information content (AvgIpc) is 2.98. The highest BCUT2D eigenvalue weighted by Gasteiger charge is 2.13. The summed E-state index contributed by atoms with van der Waals surface area (Å²) in [6, 6.07) is 0.